The number of ether oxygens (including phenoxy) is 1. The summed E-state index contributed by atoms with van der Waals surface area (Å²) in [4.78, 5) is 18.2. The van der Waals surface area contributed by atoms with Crippen LogP contribution in [-0.2, 0) is 4.74 Å². The fourth-order valence-corrected chi connectivity index (χ4v) is 4.77. The van der Waals surface area contributed by atoms with Crippen LogP contribution in [0.3, 0.4) is 0 Å². The summed E-state index contributed by atoms with van der Waals surface area (Å²) in [6, 6.07) is 8.62. The van der Waals surface area contributed by atoms with Crippen molar-refractivity contribution in [1.82, 2.24) is 9.97 Å². The van der Waals surface area contributed by atoms with E-state index in [9.17, 15) is 0 Å². The molecule has 5 rings (SSSR count). The van der Waals surface area contributed by atoms with E-state index in [1.807, 2.05) is 4.90 Å². The molecule has 0 radical (unpaired) electrons. The van der Waals surface area contributed by atoms with Crippen LogP contribution in [0.5, 0.6) is 0 Å². The van der Waals surface area contributed by atoms with E-state index in [2.05, 4.69) is 45.9 Å². The van der Waals surface area contributed by atoms with Gasteiger partial charge in [0.15, 0.2) is 11.6 Å². The van der Waals surface area contributed by atoms with Crippen LogP contribution < -0.4 is 19.6 Å². The van der Waals surface area contributed by atoms with Gasteiger partial charge in [-0.1, -0.05) is 17.7 Å². The fourth-order valence-electron chi connectivity index (χ4n) is 4.77. The number of nitrogens with zero attached hydrogens (tertiary/aromatic N) is 6. The first kappa shape index (κ1) is 21.2. The molecule has 0 unspecified atom stereocenters. The molecule has 0 atom stereocenters. The summed E-state index contributed by atoms with van der Waals surface area (Å²) < 4.78 is 21.3. The van der Waals surface area contributed by atoms with Crippen molar-refractivity contribution in [3.63, 3.8) is 0 Å². The van der Waals surface area contributed by atoms with Crippen molar-refractivity contribution in [2.24, 2.45) is 0 Å². The number of aryl methyl sites for hydroxylation is 1. The summed E-state index contributed by atoms with van der Waals surface area (Å²) in [6.07, 6.45) is 3.51. The van der Waals surface area contributed by atoms with Gasteiger partial charge in [0, 0.05) is 58.0 Å². The molecular weight excluding hydrogens is 407 g/mol. The summed E-state index contributed by atoms with van der Waals surface area (Å²) >= 11 is 0. The Balaban J connectivity index is 1.40. The van der Waals surface area contributed by atoms with Crippen LogP contribution in [0.4, 0.5) is 27.7 Å². The highest BCUT2D eigenvalue weighted by Gasteiger charge is 2.28. The Hall–Kier alpha value is -2.61. The van der Waals surface area contributed by atoms with Gasteiger partial charge in [-0.15, -0.1) is 0 Å². The molecule has 0 spiro atoms. The maximum absolute atomic E-state index is 15.8. The van der Waals surface area contributed by atoms with Crippen molar-refractivity contribution in [2.45, 2.75) is 26.2 Å². The standard InChI is InChI=1S/C24H33FN6O/c1-19-5-7-20(8-6-19)28-11-13-29(14-12-28)22-21(25)23(30-15-17-32-18-16-30)27-24(26-22)31-9-3-2-4-10-31/h5-8H,2-4,9-18H2,1H3. The molecule has 7 nitrogen and oxygen atoms in total. The van der Waals surface area contributed by atoms with Gasteiger partial charge < -0.3 is 24.3 Å². The first-order valence-corrected chi connectivity index (χ1v) is 11.9. The predicted molar refractivity (Wildman–Crippen MR) is 127 cm³/mol. The van der Waals surface area contributed by atoms with Crippen molar-refractivity contribution < 1.29 is 9.13 Å². The van der Waals surface area contributed by atoms with Crippen LogP contribution in [0.2, 0.25) is 0 Å². The molecule has 0 saturated carbocycles. The third-order valence-corrected chi connectivity index (χ3v) is 6.73. The number of rotatable bonds is 4. The Kier molecular flexibility index (Phi) is 6.30. The zero-order chi connectivity index (χ0) is 21.9. The van der Waals surface area contributed by atoms with Gasteiger partial charge in [0.25, 0.3) is 0 Å². The van der Waals surface area contributed by atoms with Gasteiger partial charge in [0.05, 0.1) is 13.2 Å². The molecule has 2 aromatic rings. The largest absolute Gasteiger partial charge is 0.378 e. The van der Waals surface area contributed by atoms with Gasteiger partial charge >= 0.3 is 0 Å². The van der Waals surface area contributed by atoms with Crippen molar-refractivity contribution in [1.29, 1.82) is 0 Å². The molecule has 0 bridgehead atoms. The highest BCUT2D eigenvalue weighted by atomic mass is 19.1. The molecule has 3 fully saturated rings. The zero-order valence-electron chi connectivity index (χ0n) is 19.0. The van der Waals surface area contributed by atoms with E-state index in [0.717, 1.165) is 52.1 Å². The fraction of sp³-hybridized carbons (Fsp3) is 0.583. The Bertz CT molecular complexity index is 903. The van der Waals surface area contributed by atoms with E-state index < -0.39 is 0 Å². The molecule has 1 aromatic heterocycles. The van der Waals surface area contributed by atoms with Gasteiger partial charge in [-0.2, -0.15) is 14.4 Å². The van der Waals surface area contributed by atoms with E-state index in [1.54, 1.807) is 0 Å². The average molecular weight is 441 g/mol. The van der Waals surface area contributed by atoms with E-state index in [0.29, 0.717) is 43.9 Å². The number of benzene rings is 1. The smallest absolute Gasteiger partial charge is 0.229 e. The molecule has 8 heteroatoms. The first-order chi connectivity index (χ1) is 15.7. The SMILES string of the molecule is Cc1ccc(N2CCN(c3nc(N4CCCCC4)nc(N4CCOCC4)c3F)CC2)cc1. The second-order valence-corrected chi connectivity index (χ2v) is 8.94. The first-order valence-electron chi connectivity index (χ1n) is 11.9. The number of piperazine rings is 1. The van der Waals surface area contributed by atoms with E-state index in [-0.39, 0.29) is 5.82 Å². The van der Waals surface area contributed by atoms with Crippen molar-refractivity contribution >= 4 is 23.3 Å². The molecule has 32 heavy (non-hydrogen) atoms. The third-order valence-electron chi connectivity index (χ3n) is 6.73. The summed E-state index contributed by atoms with van der Waals surface area (Å²) in [7, 11) is 0. The highest BCUT2D eigenvalue weighted by Crippen LogP contribution is 2.31. The van der Waals surface area contributed by atoms with Crippen LogP contribution in [0, 0.1) is 12.7 Å². The van der Waals surface area contributed by atoms with Crippen molar-refractivity contribution in [3.8, 4) is 0 Å². The lowest BCUT2D eigenvalue weighted by Gasteiger charge is -2.38. The minimum atomic E-state index is -0.295. The van der Waals surface area contributed by atoms with Crippen molar-refractivity contribution in [3.05, 3.63) is 35.6 Å². The normalized spacial score (nSPS) is 20.1. The van der Waals surface area contributed by atoms with Crippen LogP contribution >= 0.6 is 0 Å². The quantitative estimate of drug-likeness (QED) is 0.724. The second kappa shape index (κ2) is 9.48. The zero-order valence-corrected chi connectivity index (χ0v) is 19.0. The molecular formula is C24H33FN6O. The number of morpholine rings is 1. The lowest BCUT2D eigenvalue weighted by Crippen LogP contribution is -2.47. The van der Waals surface area contributed by atoms with Gasteiger partial charge in [-0.3, -0.25) is 0 Å². The Morgan fingerprint density at radius 1 is 0.688 bits per heavy atom. The lowest BCUT2D eigenvalue weighted by atomic mass is 10.1. The molecule has 3 aliphatic rings. The molecule has 3 saturated heterocycles. The van der Waals surface area contributed by atoms with Crippen LogP contribution in [0.15, 0.2) is 24.3 Å². The molecule has 0 N–H and O–H groups in total. The molecule has 172 valence electrons. The summed E-state index contributed by atoms with van der Waals surface area (Å²) in [5.41, 5.74) is 2.48. The predicted octanol–water partition coefficient (Wildman–Crippen LogP) is 3.08. The summed E-state index contributed by atoms with van der Waals surface area (Å²) in [5.74, 6) is 1.26. The number of aromatic nitrogens is 2. The van der Waals surface area contributed by atoms with Crippen molar-refractivity contribution in [2.75, 3.05) is 85.2 Å². The van der Waals surface area contributed by atoms with Crippen LogP contribution in [-0.4, -0.2) is 75.5 Å². The number of piperidine rings is 1. The lowest BCUT2D eigenvalue weighted by molar-refractivity contribution is 0.122. The number of halogens is 1. The van der Waals surface area contributed by atoms with E-state index in [4.69, 9.17) is 14.7 Å². The second-order valence-electron chi connectivity index (χ2n) is 8.94. The van der Waals surface area contributed by atoms with Gasteiger partial charge in [0.1, 0.15) is 0 Å². The molecule has 3 aliphatic heterocycles. The highest BCUT2D eigenvalue weighted by molar-refractivity contribution is 5.59. The topological polar surface area (TPSA) is 48.0 Å². The molecule has 0 amide bonds. The number of anilines is 4. The Labute approximate surface area is 189 Å². The maximum atomic E-state index is 15.8. The van der Waals surface area contributed by atoms with Gasteiger partial charge in [-0.25, -0.2) is 0 Å². The number of hydrogen-bond acceptors (Lipinski definition) is 7. The molecule has 1 aromatic carbocycles. The minimum Gasteiger partial charge on any atom is -0.378 e. The third kappa shape index (κ3) is 4.46. The monoisotopic (exact) mass is 440 g/mol. The summed E-state index contributed by atoms with van der Waals surface area (Å²) in [6.45, 7) is 9.68. The summed E-state index contributed by atoms with van der Waals surface area (Å²) in [5, 5.41) is 0. The van der Waals surface area contributed by atoms with E-state index >= 15 is 4.39 Å². The molecule has 0 aliphatic carbocycles. The van der Waals surface area contributed by atoms with E-state index in [1.165, 1.54) is 17.7 Å². The average Bonchev–Trinajstić information content (AvgIpc) is 2.86. The minimum absolute atomic E-state index is 0.295. The Morgan fingerprint density at radius 2 is 1.25 bits per heavy atom. The molecule has 4 heterocycles. The number of hydrogen-bond donors (Lipinski definition) is 0. The van der Waals surface area contributed by atoms with Crippen LogP contribution in [0.25, 0.3) is 0 Å². The Morgan fingerprint density at radius 3 is 1.88 bits per heavy atom. The maximum Gasteiger partial charge on any atom is 0.229 e. The van der Waals surface area contributed by atoms with Gasteiger partial charge in [0.2, 0.25) is 11.8 Å². The van der Waals surface area contributed by atoms with Gasteiger partial charge in [-0.05, 0) is 38.3 Å². The van der Waals surface area contributed by atoms with Crippen LogP contribution in [0.1, 0.15) is 24.8 Å².